The highest BCUT2D eigenvalue weighted by atomic mass is 15.0. The lowest BCUT2D eigenvalue weighted by Crippen LogP contribution is -2.28. The van der Waals surface area contributed by atoms with Crippen LogP contribution >= 0.6 is 0 Å². The van der Waals surface area contributed by atoms with Gasteiger partial charge in [0.2, 0.25) is 0 Å². The van der Waals surface area contributed by atoms with Gasteiger partial charge < -0.3 is 4.57 Å². The highest BCUT2D eigenvalue weighted by molar-refractivity contribution is 6.00. The summed E-state index contributed by atoms with van der Waals surface area (Å²) in [4.78, 5) is 0. The fraction of sp³-hybridized carbons (Fsp3) is 0.0196. The lowest BCUT2D eigenvalue weighted by molar-refractivity contribution is 0.767. The van der Waals surface area contributed by atoms with E-state index in [0.717, 1.165) is 5.69 Å². The molecule has 1 heteroatoms. The maximum atomic E-state index is 2.46. The van der Waals surface area contributed by atoms with Crippen LogP contribution < -0.4 is 0 Å². The van der Waals surface area contributed by atoms with Crippen LogP contribution in [-0.2, 0) is 5.41 Å². The van der Waals surface area contributed by atoms with Crippen molar-refractivity contribution in [3.8, 4) is 50.2 Å². The number of hydrogen-bond acceptors (Lipinski definition) is 0. The van der Waals surface area contributed by atoms with Crippen LogP contribution in [0.15, 0.2) is 212 Å². The lowest BCUT2D eigenvalue weighted by Gasteiger charge is -2.34. The first kappa shape index (κ1) is 30.2. The number of benzene rings is 8. The second kappa shape index (κ2) is 12.3. The summed E-state index contributed by atoms with van der Waals surface area (Å²) in [5.41, 5.74) is 16.8. The Kier molecular flexibility index (Phi) is 7.11. The third kappa shape index (κ3) is 4.71. The van der Waals surface area contributed by atoms with Gasteiger partial charge in [-0.3, -0.25) is 0 Å². The van der Waals surface area contributed by atoms with Gasteiger partial charge in [0.05, 0.1) is 10.9 Å². The molecule has 1 aliphatic carbocycles. The van der Waals surface area contributed by atoms with E-state index in [1.165, 1.54) is 77.7 Å². The second-order valence-corrected chi connectivity index (χ2v) is 13.7. The van der Waals surface area contributed by atoms with Crippen molar-refractivity contribution in [3.63, 3.8) is 0 Å². The van der Waals surface area contributed by atoms with Crippen molar-refractivity contribution in [3.05, 3.63) is 235 Å². The minimum Gasteiger partial charge on any atom is -0.316 e. The minimum atomic E-state index is -0.514. The van der Waals surface area contributed by atoms with Crippen LogP contribution in [0.2, 0.25) is 0 Å². The fourth-order valence-corrected chi connectivity index (χ4v) is 8.54. The molecule has 10 rings (SSSR count). The van der Waals surface area contributed by atoms with Gasteiger partial charge in [0.25, 0.3) is 0 Å². The summed E-state index contributed by atoms with van der Waals surface area (Å²) in [6, 6.07) is 75.5. The summed E-state index contributed by atoms with van der Waals surface area (Å²) in [5.74, 6) is 0. The molecule has 0 N–H and O–H groups in total. The molecule has 0 bridgehead atoms. The summed E-state index contributed by atoms with van der Waals surface area (Å²) in [5, 5.41) is 1.24. The molecule has 0 amide bonds. The van der Waals surface area contributed by atoms with E-state index in [1.807, 2.05) is 0 Å². The molecule has 0 saturated carbocycles. The van der Waals surface area contributed by atoms with Crippen molar-refractivity contribution in [1.82, 2.24) is 4.57 Å². The summed E-state index contributed by atoms with van der Waals surface area (Å²) < 4.78 is 2.39. The van der Waals surface area contributed by atoms with Crippen LogP contribution in [0, 0.1) is 0 Å². The van der Waals surface area contributed by atoms with Crippen molar-refractivity contribution >= 4 is 10.9 Å². The largest absolute Gasteiger partial charge is 0.316 e. The molecular weight excluding hydrogens is 627 g/mol. The molecule has 0 spiro atoms. The molecule has 0 unspecified atom stereocenters. The maximum Gasteiger partial charge on any atom is 0.0714 e. The highest BCUT2D eigenvalue weighted by Gasteiger charge is 2.46. The normalized spacial score (nSPS) is 12.8. The highest BCUT2D eigenvalue weighted by Crippen LogP contribution is 2.57. The predicted octanol–water partition coefficient (Wildman–Crippen LogP) is 13.0. The summed E-state index contributed by atoms with van der Waals surface area (Å²) in [6.07, 6.45) is 2.33. The standard InChI is InChI=1S/C51H35N/c1-6-16-36(17-7-1)39-27-31-50-46(32-39)47(38-20-10-3-11-21-38)35-52(50)43-28-30-45-44-29-26-40(37-18-8-2-9-19-37)33-48(44)51(49(45)34-43,41-22-12-4-13-23-41)42-24-14-5-15-25-42/h1-35H. The van der Waals surface area contributed by atoms with Gasteiger partial charge in [-0.2, -0.15) is 0 Å². The van der Waals surface area contributed by atoms with Gasteiger partial charge in [-0.25, -0.2) is 0 Å². The van der Waals surface area contributed by atoms with Crippen molar-refractivity contribution in [2.24, 2.45) is 0 Å². The Labute approximate surface area is 304 Å². The topological polar surface area (TPSA) is 4.93 Å². The van der Waals surface area contributed by atoms with Crippen molar-refractivity contribution in [2.45, 2.75) is 5.41 Å². The average Bonchev–Trinajstić information content (AvgIpc) is 3.76. The Morgan fingerprint density at radius 1 is 0.327 bits per heavy atom. The number of aromatic nitrogens is 1. The summed E-state index contributed by atoms with van der Waals surface area (Å²) in [7, 11) is 0. The van der Waals surface area contributed by atoms with E-state index in [1.54, 1.807) is 0 Å². The van der Waals surface area contributed by atoms with E-state index in [9.17, 15) is 0 Å². The van der Waals surface area contributed by atoms with Gasteiger partial charge in [0.1, 0.15) is 0 Å². The monoisotopic (exact) mass is 661 g/mol. The van der Waals surface area contributed by atoms with Crippen LogP contribution in [0.3, 0.4) is 0 Å². The number of hydrogen-bond donors (Lipinski definition) is 0. The third-order valence-corrected chi connectivity index (χ3v) is 10.9. The molecule has 0 fully saturated rings. The van der Waals surface area contributed by atoms with Crippen molar-refractivity contribution in [1.29, 1.82) is 0 Å². The fourth-order valence-electron chi connectivity index (χ4n) is 8.54. The molecule has 1 nitrogen and oxygen atoms in total. The first-order chi connectivity index (χ1) is 25.8. The van der Waals surface area contributed by atoms with Crippen molar-refractivity contribution in [2.75, 3.05) is 0 Å². The van der Waals surface area contributed by atoms with E-state index < -0.39 is 5.41 Å². The predicted molar refractivity (Wildman–Crippen MR) is 217 cm³/mol. The SMILES string of the molecule is c1ccc(-c2ccc3c(c2)C(c2ccccc2)(c2ccccc2)c2cc(-n4cc(-c5ccccc5)c5cc(-c6ccccc6)ccc54)ccc2-3)cc1. The molecule has 1 aromatic heterocycles. The molecule has 0 atom stereocenters. The smallest absolute Gasteiger partial charge is 0.0714 e. The van der Waals surface area contributed by atoms with Gasteiger partial charge in [-0.15, -0.1) is 0 Å². The van der Waals surface area contributed by atoms with Gasteiger partial charge >= 0.3 is 0 Å². The quantitative estimate of drug-likeness (QED) is 0.167. The molecule has 1 heterocycles. The molecular formula is C51H35N. The zero-order valence-electron chi connectivity index (χ0n) is 28.7. The molecule has 244 valence electrons. The van der Waals surface area contributed by atoms with Gasteiger partial charge in [0, 0.05) is 22.8 Å². The summed E-state index contributed by atoms with van der Waals surface area (Å²) >= 11 is 0. The van der Waals surface area contributed by atoms with E-state index in [0.29, 0.717) is 0 Å². The molecule has 0 saturated heterocycles. The zero-order chi connectivity index (χ0) is 34.5. The Balaban J connectivity index is 1.24. The Morgan fingerprint density at radius 2 is 0.788 bits per heavy atom. The lowest BCUT2D eigenvalue weighted by atomic mass is 9.67. The van der Waals surface area contributed by atoms with E-state index >= 15 is 0 Å². The van der Waals surface area contributed by atoms with Crippen LogP contribution in [-0.4, -0.2) is 4.57 Å². The Morgan fingerprint density at radius 3 is 1.37 bits per heavy atom. The molecule has 52 heavy (non-hydrogen) atoms. The molecule has 0 aliphatic heterocycles. The molecule has 0 radical (unpaired) electrons. The Hall–Kier alpha value is -6.70. The molecule has 8 aromatic carbocycles. The van der Waals surface area contributed by atoms with E-state index in [2.05, 4.69) is 217 Å². The minimum absolute atomic E-state index is 0.514. The zero-order valence-corrected chi connectivity index (χ0v) is 28.7. The van der Waals surface area contributed by atoms with Gasteiger partial charge in [-0.1, -0.05) is 176 Å². The average molecular weight is 662 g/mol. The van der Waals surface area contributed by atoms with E-state index in [4.69, 9.17) is 0 Å². The summed E-state index contributed by atoms with van der Waals surface area (Å²) in [6.45, 7) is 0. The molecule has 9 aromatic rings. The number of nitrogens with zero attached hydrogens (tertiary/aromatic N) is 1. The van der Waals surface area contributed by atoms with Gasteiger partial charge in [-0.05, 0) is 91.5 Å². The van der Waals surface area contributed by atoms with Crippen LogP contribution in [0.25, 0.3) is 61.1 Å². The molecule has 1 aliphatic rings. The van der Waals surface area contributed by atoms with E-state index in [-0.39, 0.29) is 0 Å². The van der Waals surface area contributed by atoms with Crippen molar-refractivity contribution < 1.29 is 0 Å². The van der Waals surface area contributed by atoms with Crippen LogP contribution in [0.1, 0.15) is 22.3 Å². The van der Waals surface area contributed by atoms with Crippen LogP contribution in [0.5, 0.6) is 0 Å². The van der Waals surface area contributed by atoms with Crippen LogP contribution in [0.4, 0.5) is 0 Å². The second-order valence-electron chi connectivity index (χ2n) is 13.7. The number of rotatable bonds is 6. The third-order valence-electron chi connectivity index (χ3n) is 10.9. The first-order valence-corrected chi connectivity index (χ1v) is 18.0. The Bertz CT molecular complexity index is 2650. The first-order valence-electron chi connectivity index (χ1n) is 18.0. The maximum absolute atomic E-state index is 2.46. The van der Waals surface area contributed by atoms with Gasteiger partial charge in [0.15, 0.2) is 0 Å². The number of fused-ring (bicyclic) bond motifs is 4.